The van der Waals surface area contributed by atoms with Crippen molar-refractivity contribution >= 4 is 17.7 Å². The van der Waals surface area contributed by atoms with Gasteiger partial charge in [0, 0.05) is 23.7 Å². The molecule has 31 heavy (non-hydrogen) atoms. The zero-order valence-electron chi connectivity index (χ0n) is 19.4. The van der Waals surface area contributed by atoms with Crippen LogP contribution >= 0.6 is 0 Å². The number of fused-ring (bicyclic) bond motifs is 5. The molecule has 0 spiro atoms. The van der Waals surface area contributed by atoms with Gasteiger partial charge < -0.3 is 9.47 Å². The smallest absolute Gasteiger partial charge is 0.306 e. The van der Waals surface area contributed by atoms with Crippen LogP contribution in [-0.4, -0.2) is 29.9 Å². The quantitative estimate of drug-likeness (QED) is 0.580. The summed E-state index contributed by atoms with van der Waals surface area (Å²) in [7, 11) is 0. The van der Waals surface area contributed by atoms with Crippen LogP contribution in [0.1, 0.15) is 79.1 Å². The summed E-state index contributed by atoms with van der Waals surface area (Å²) in [5.41, 5.74) is 0.288. The van der Waals surface area contributed by atoms with Gasteiger partial charge in [-0.15, -0.1) is 0 Å². The lowest BCUT2D eigenvalue weighted by molar-refractivity contribution is -0.180. The van der Waals surface area contributed by atoms with E-state index in [0.717, 1.165) is 44.1 Å². The summed E-state index contributed by atoms with van der Waals surface area (Å²) in [5, 5.41) is 0. The lowest BCUT2D eigenvalue weighted by Gasteiger charge is -2.58. The van der Waals surface area contributed by atoms with Crippen molar-refractivity contribution in [1.29, 1.82) is 0 Å². The molecule has 5 nitrogen and oxygen atoms in total. The fraction of sp³-hybridized carbons (Fsp3) is 0.731. The van der Waals surface area contributed by atoms with E-state index in [0.29, 0.717) is 37.2 Å². The molecule has 0 aliphatic heterocycles. The van der Waals surface area contributed by atoms with Crippen LogP contribution in [0.5, 0.6) is 0 Å². The van der Waals surface area contributed by atoms with E-state index in [4.69, 9.17) is 9.47 Å². The summed E-state index contributed by atoms with van der Waals surface area (Å²) < 4.78 is 11.8. The van der Waals surface area contributed by atoms with Crippen LogP contribution < -0.4 is 0 Å². The van der Waals surface area contributed by atoms with Gasteiger partial charge in [-0.25, -0.2) is 0 Å². The summed E-state index contributed by atoms with van der Waals surface area (Å²) in [5.74, 6) is 0.998. The molecular formula is C26H36O5. The van der Waals surface area contributed by atoms with Crippen LogP contribution in [0.3, 0.4) is 0 Å². The topological polar surface area (TPSA) is 69.7 Å². The number of allylic oxidation sites excluding steroid dienone is 2. The Hall–Kier alpha value is -1.91. The number of hydrogen-bond acceptors (Lipinski definition) is 5. The third-order valence-electron chi connectivity index (χ3n) is 9.22. The average molecular weight is 429 g/mol. The molecule has 0 bridgehead atoms. The normalized spacial score (nSPS) is 41.0. The maximum absolute atomic E-state index is 12.2. The van der Waals surface area contributed by atoms with Crippen molar-refractivity contribution in [3.63, 3.8) is 0 Å². The van der Waals surface area contributed by atoms with Crippen molar-refractivity contribution < 1.29 is 23.9 Å². The summed E-state index contributed by atoms with van der Waals surface area (Å²) in [4.78, 5) is 36.4. The van der Waals surface area contributed by atoms with E-state index in [-0.39, 0.29) is 28.6 Å². The molecule has 5 heteroatoms. The Balaban J connectivity index is 1.66. The molecule has 0 saturated heterocycles. The van der Waals surface area contributed by atoms with Gasteiger partial charge >= 0.3 is 11.9 Å². The highest BCUT2D eigenvalue weighted by molar-refractivity contribution is 6.01. The lowest BCUT2D eigenvalue weighted by Crippen LogP contribution is -2.56. The Bertz CT molecular complexity index is 841. The second-order valence-electron chi connectivity index (χ2n) is 10.4. The molecule has 0 aromatic rings. The predicted octanol–water partition coefficient (Wildman–Crippen LogP) is 4.94. The van der Waals surface area contributed by atoms with Gasteiger partial charge in [0.15, 0.2) is 5.78 Å². The maximum Gasteiger partial charge on any atom is 0.306 e. The molecule has 0 radical (unpaired) electrons. The third-order valence-corrected chi connectivity index (χ3v) is 9.22. The van der Waals surface area contributed by atoms with Crippen LogP contribution in [0, 0.1) is 28.6 Å². The van der Waals surface area contributed by atoms with Gasteiger partial charge in [0.2, 0.25) is 0 Å². The number of ketones is 1. The molecule has 3 saturated carbocycles. The first-order valence-corrected chi connectivity index (χ1v) is 12.0. The van der Waals surface area contributed by atoms with E-state index < -0.39 is 5.60 Å². The first-order chi connectivity index (χ1) is 14.7. The largest absolute Gasteiger partial charge is 0.464 e. The van der Waals surface area contributed by atoms with Crippen molar-refractivity contribution in [3.8, 4) is 0 Å². The highest BCUT2D eigenvalue weighted by Gasteiger charge is 2.64. The summed E-state index contributed by atoms with van der Waals surface area (Å²) in [6, 6.07) is 0. The van der Waals surface area contributed by atoms with Crippen LogP contribution in [0.25, 0.3) is 0 Å². The van der Waals surface area contributed by atoms with Gasteiger partial charge in [0.05, 0.1) is 0 Å². The number of hydrogen-bond donors (Lipinski definition) is 0. The fourth-order valence-corrected chi connectivity index (χ4v) is 7.28. The van der Waals surface area contributed by atoms with Gasteiger partial charge in [0.1, 0.15) is 12.2 Å². The van der Waals surface area contributed by atoms with Crippen molar-refractivity contribution in [2.75, 3.05) is 6.61 Å². The van der Waals surface area contributed by atoms with E-state index in [9.17, 15) is 14.4 Å². The first kappa shape index (κ1) is 22.3. The molecule has 0 amide bonds. The van der Waals surface area contributed by atoms with Crippen molar-refractivity contribution in [2.24, 2.45) is 28.6 Å². The zero-order chi connectivity index (χ0) is 22.4. The highest BCUT2D eigenvalue weighted by atomic mass is 16.6. The van der Waals surface area contributed by atoms with E-state index >= 15 is 0 Å². The SMILES string of the molecule is CCC(=O)OC[C@]12C=CC(=O)C=C1CC[C@H]1[C@@H]3CC[C@](C)(OC(=O)CC)[C@@]3(C)CC[C@@H]12. The van der Waals surface area contributed by atoms with Gasteiger partial charge in [-0.2, -0.15) is 0 Å². The molecule has 4 aliphatic rings. The second-order valence-corrected chi connectivity index (χ2v) is 10.4. The molecular weight excluding hydrogens is 392 g/mol. The number of rotatable bonds is 5. The third kappa shape index (κ3) is 3.39. The lowest BCUT2D eigenvalue weighted by atomic mass is 9.47. The monoisotopic (exact) mass is 428 g/mol. The minimum Gasteiger partial charge on any atom is -0.464 e. The minimum atomic E-state index is -0.425. The molecule has 0 aromatic heterocycles. The molecule has 0 aromatic carbocycles. The van der Waals surface area contributed by atoms with E-state index in [1.165, 1.54) is 0 Å². The zero-order valence-corrected chi connectivity index (χ0v) is 19.4. The Morgan fingerprint density at radius 2 is 1.74 bits per heavy atom. The Morgan fingerprint density at radius 1 is 1.03 bits per heavy atom. The number of carbonyl (C=O) groups is 3. The summed E-state index contributed by atoms with van der Waals surface area (Å²) in [6.45, 7) is 8.43. The van der Waals surface area contributed by atoms with Gasteiger partial charge in [0.25, 0.3) is 0 Å². The predicted molar refractivity (Wildman–Crippen MR) is 117 cm³/mol. The molecule has 6 atom stereocenters. The van der Waals surface area contributed by atoms with Crippen molar-refractivity contribution in [1.82, 2.24) is 0 Å². The first-order valence-electron chi connectivity index (χ1n) is 12.0. The molecule has 170 valence electrons. The van der Waals surface area contributed by atoms with Crippen molar-refractivity contribution in [2.45, 2.75) is 84.7 Å². The molecule has 3 fully saturated rings. The van der Waals surface area contributed by atoms with Crippen LogP contribution in [0.2, 0.25) is 0 Å². The van der Waals surface area contributed by atoms with Crippen LogP contribution in [0.4, 0.5) is 0 Å². The maximum atomic E-state index is 12.2. The Morgan fingerprint density at radius 3 is 2.45 bits per heavy atom. The fourth-order valence-electron chi connectivity index (χ4n) is 7.28. The van der Waals surface area contributed by atoms with Crippen LogP contribution in [0.15, 0.2) is 23.8 Å². The summed E-state index contributed by atoms with van der Waals surface area (Å²) in [6.07, 6.45) is 12.1. The van der Waals surface area contributed by atoms with E-state index in [2.05, 4.69) is 13.8 Å². The average Bonchev–Trinajstić information content (AvgIpc) is 3.02. The Kier molecular flexibility index (Phi) is 5.68. The summed E-state index contributed by atoms with van der Waals surface area (Å²) >= 11 is 0. The van der Waals surface area contributed by atoms with Gasteiger partial charge in [-0.3, -0.25) is 14.4 Å². The second kappa shape index (κ2) is 7.90. The molecule has 4 rings (SSSR count). The van der Waals surface area contributed by atoms with E-state index in [1.54, 1.807) is 12.2 Å². The molecule has 4 aliphatic carbocycles. The minimum absolute atomic E-state index is 0.0338. The van der Waals surface area contributed by atoms with Gasteiger partial charge in [-0.05, 0) is 75.4 Å². The van der Waals surface area contributed by atoms with Crippen LogP contribution in [-0.2, 0) is 23.9 Å². The number of esters is 2. The molecule has 0 unspecified atom stereocenters. The number of carbonyl (C=O) groups excluding carboxylic acids is 3. The number of ether oxygens (including phenoxy) is 2. The van der Waals surface area contributed by atoms with Crippen molar-refractivity contribution in [3.05, 3.63) is 23.8 Å². The standard InChI is InChI=1S/C26H36O5/c1-5-22(28)30-16-26-14-9-18(27)15-17(26)7-8-19-20-11-13-25(4,31-23(29)6-2)24(20,3)12-10-21(19)26/h9,14-15,19-21H,5-8,10-13,16H2,1-4H3/t19-,20-,21-,24-,25-,26+/m0/s1. The molecule has 0 N–H and O–H groups in total. The Labute approximate surface area is 185 Å². The highest BCUT2D eigenvalue weighted by Crippen LogP contribution is 2.67. The van der Waals surface area contributed by atoms with Gasteiger partial charge in [-0.1, -0.05) is 32.4 Å². The van der Waals surface area contributed by atoms with E-state index in [1.807, 2.05) is 19.9 Å². The molecule has 0 heterocycles.